The minimum atomic E-state index is -0.895. The van der Waals surface area contributed by atoms with Crippen molar-refractivity contribution in [2.45, 2.75) is 38.5 Å². The first kappa shape index (κ1) is 23.7. The van der Waals surface area contributed by atoms with E-state index in [-0.39, 0.29) is 11.7 Å². The van der Waals surface area contributed by atoms with Crippen molar-refractivity contribution >= 4 is 38.3 Å². The molecule has 0 spiro atoms. The quantitative estimate of drug-likeness (QED) is 0.345. The first-order chi connectivity index (χ1) is 17.9. The van der Waals surface area contributed by atoms with E-state index in [2.05, 4.69) is 31.2 Å². The molecule has 0 radical (unpaired) electrons. The third kappa shape index (κ3) is 4.39. The molecular formula is C27H29N5O4S. The average molecular weight is 520 g/mol. The lowest BCUT2D eigenvalue weighted by Crippen LogP contribution is -2.46. The molecule has 0 amide bonds. The van der Waals surface area contributed by atoms with E-state index in [0.29, 0.717) is 28.8 Å². The topological polar surface area (TPSA) is 116 Å². The van der Waals surface area contributed by atoms with Gasteiger partial charge in [-0.1, -0.05) is 42.5 Å². The zero-order chi connectivity index (χ0) is 25.7. The summed E-state index contributed by atoms with van der Waals surface area (Å²) >= 11 is 1.69. The molecule has 1 aromatic carbocycles. The fraction of sp³-hybridized carbons (Fsp3) is 0.407. The summed E-state index contributed by atoms with van der Waals surface area (Å²) in [7, 11) is 0. The molecule has 1 saturated heterocycles. The van der Waals surface area contributed by atoms with Crippen molar-refractivity contribution in [2.75, 3.05) is 36.0 Å². The molecule has 4 heterocycles. The molecule has 1 unspecified atom stereocenters. The van der Waals surface area contributed by atoms with Crippen LogP contribution in [0.15, 0.2) is 40.9 Å². The van der Waals surface area contributed by atoms with Gasteiger partial charge in [0.15, 0.2) is 11.6 Å². The van der Waals surface area contributed by atoms with E-state index in [9.17, 15) is 15.0 Å². The average Bonchev–Trinajstić information content (AvgIpc) is 3.48. The van der Waals surface area contributed by atoms with Crippen LogP contribution in [0.1, 0.15) is 49.8 Å². The van der Waals surface area contributed by atoms with Crippen molar-refractivity contribution in [2.24, 2.45) is 5.92 Å². The fourth-order valence-electron chi connectivity index (χ4n) is 5.18. The van der Waals surface area contributed by atoms with Crippen LogP contribution in [0.4, 0.5) is 10.8 Å². The Bertz CT molecular complexity index is 1450. The number of nitrogens with zero attached hydrogens (tertiary/aromatic N) is 5. The van der Waals surface area contributed by atoms with E-state index in [1.165, 1.54) is 23.4 Å². The Kier molecular flexibility index (Phi) is 5.98. The fourth-order valence-corrected chi connectivity index (χ4v) is 6.42. The Labute approximate surface area is 218 Å². The minimum absolute atomic E-state index is 0.0848. The van der Waals surface area contributed by atoms with Crippen molar-refractivity contribution in [3.8, 4) is 17.0 Å². The Morgan fingerprint density at radius 3 is 2.49 bits per heavy atom. The molecule has 192 valence electrons. The second-order valence-electron chi connectivity index (χ2n) is 10.2. The van der Waals surface area contributed by atoms with Crippen molar-refractivity contribution < 1.29 is 19.5 Å². The van der Waals surface area contributed by atoms with Crippen LogP contribution in [0.3, 0.4) is 0 Å². The molecule has 4 aromatic rings. The van der Waals surface area contributed by atoms with Gasteiger partial charge in [-0.15, -0.1) is 10.2 Å². The third-order valence-corrected chi connectivity index (χ3v) is 8.45. The van der Waals surface area contributed by atoms with Gasteiger partial charge in [-0.3, -0.25) is 4.79 Å². The smallest absolute Gasteiger partial charge is 0.314 e. The van der Waals surface area contributed by atoms with Crippen molar-refractivity contribution in [1.29, 1.82) is 0 Å². The number of anilines is 2. The number of rotatable bonds is 7. The molecule has 2 N–H and O–H groups in total. The van der Waals surface area contributed by atoms with Gasteiger partial charge in [-0.2, -0.15) is 0 Å². The number of hydrogen-bond acceptors (Lipinski definition) is 9. The number of fused-ring (bicyclic) bond motifs is 1. The maximum Gasteiger partial charge on any atom is 0.314 e. The van der Waals surface area contributed by atoms with E-state index in [1.54, 1.807) is 29.5 Å². The van der Waals surface area contributed by atoms with Crippen molar-refractivity contribution in [3.63, 3.8) is 0 Å². The second kappa shape index (κ2) is 9.33. The molecule has 9 nitrogen and oxygen atoms in total. The van der Waals surface area contributed by atoms with Crippen LogP contribution >= 0.6 is 11.3 Å². The number of phenolic OH excluding ortho intramolecular Hbond substituents is 1. The Morgan fingerprint density at radius 1 is 1.08 bits per heavy atom. The predicted molar refractivity (Wildman–Crippen MR) is 143 cm³/mol. The number of carbonyl (C=O) groups is 1. The third-order valence-electron chi connectivity index (χ3n) is 7.29. The maximum atomic E-state index is 11.7. The molecular weight excluding hydrogens is 490 g/mol. The summed E-state index contributed by atoms with van der Waals surface area (Å²) in [4.78, 5) is 17.2. The molecule has 1 aliphatic heterocycles. The van der Waals surface area contributed by atoms with Gasteiger partial charge in [-0.25, -0.2) is 0 Å². The summed E-state index contributed by atoms with van der Waals surface area (Å²) in [6.45, 7) is 6.91. The Morgan fingerprint density at radius 2 is 1.81 bits per heavy atom. The second-order valence-corrected chi connectivity index (χ2v) is 11.2. The molecule has 6 rings (SSSR count). The summed E-state index contributed by atoms with van der Waals surface area (Å²) in [5.74, 6) is 0.149. The van der Waals surface area contributed by atoms with Crippen LogP contribution in [0.2, 0.25) is 0 Å². The molecule has 1 atom stereocenters. The van der Waals surface area contributed by atoms with E-state index in [4.69, 9.17) is 4.52 Å². The molecule has 3 aromatic heterocycles. The lowest BCUT2D eigenvalue weighted by atomic mass is 9.93. The highest BCUT2D eigenvalue weighted by molar-refractivity contribution is 7.22. The highest BCUT2D eigenvalue weighted by Gasteiger charge is 2.34. The zero-order valence-corrected chi connectivity index (χ0v) is 21.6. The van der Waals surface area contributed by atoms with Gasteiger partial charge in [0.2, 0.25) is 0 Å². The maximum absolute atomic E-state index is 11.7. The first-order valence-electron chi connectivity index (χ1n) is 12.7. The van der Waals surface area contributed by atoms with Crippen LogP contribution < -0.4 is 9.80 Å². The highest BCUT2D eigenvalue weighted by atomic mass is 32.1. The van der Waals surface area contributed by atoms with E-state index in [0.717, 1.165) is 36.4 Å². The van der Waals surface area contributed by atoms with Gasteiger partial charge in [0.25, 0.3) is 0 Å². The number of piperazine rings is 1. The molecule has 37 heavy (non-hydrogen) atoms. The van der Waals surface area contributed by atoms with E-state index < -0.39 is 11.9 Å². The Hall–Kier alpha value is -3.66. The van der Waals surface area contributed by atoms with Gasteiger partial charge in [-0.05, 0) is 48.4 Å². The number of aromatic hydroxyl groups is 1. The lowest BCUT2D eigenvalue weighted by Gasteiger charge is -2.35. The summed E-state index contributed by atoms with van der Waals surface area (Å²) < 4.78 is 5.45. The number of aliphatic carboxylic acids is 1. The summed E-state index contributed by atoms with van der Waals surface area (Å²) in [6, 6.07) is 11.1. The van der Waals surface area contributed by atoms with E-state index in [1.807, 2.05) is 26.0 Å². The van der Waals surface area contributed by atoms with Gasteiger partial charge in [0, 0.05) is 43.2 Å². The summed E-state index contributed by atoms with van der Waals surface area (Å²) in [5.41, 5.74) is 2.73. The van der Waals surface area contributed by atoms with Crippen LogP contribution in [0.5, 0.6) is 5.75 Å². The molecule has 10 heteroatoms. The molecule has 2 aliphatic rings. The molecule has 1 saturated carbocycles. The van der Waals surface area contributed by atoms with Crippen LogP contribution in [-0.2, 0) is 4.79 Å². The Balaban J connectivity index is 1.24. The monoisotopic (exact) mass is 519 g/mol. The highest BCUT2D eigenvalue weighted by Crippen LogP contribution is 2.51. The number of aromatic nitrogens is 3. The van der Waals surface area contributed by atoms with Gasteiger partial charge >= 0.3 is 5.97 Å². The largest absolute Gasteiger partial charge is 0.507 e. The zero-order valence-electron chi connectivity index (χ0n) is 20.8. The number of hydrogen-bond donors (Lipinski definition) is 2. The van der Waals surface area contributed by atoms with Crippen LogP contribution in [0.25, 0.3) is 21.5 Å². The SMILES string of the molecule is CC(C)C(C(=O)O)c1cc(N2CCN(c3sc4nnc(-c5ccccc5O)cc4c3C3CC3)CC2)no1. The number of phenols is 1. The molecule has 2 fully saturated rings. The van der Waals surface area contributed by atoms with Gasteiger partial charge in [0.1, 0.15) is 16.5 Å². The molecule has 0 bridgehead atoms. The van der Waals surface area contributed by atoms with Crippen molar-refractivity contribution in [3.05, 3.63) is 47.7 Å². The molecule has 1 aliphatic carbocycles. The van der Waals surface area contributed by atoms with Crippen molar-refractivity contribution in [1.82, 2.24) is 15.4 Å². The number of para-hydroxylation sites is 1. The predicted octanol–water partition coefficient (Wildman–Crippen LogP) is 5.08. The number of carboxylic acid groups (broad SMARTS) is 1. The van der Waals surface area contributed by atoms with Crippen LogP contribution in [0, 0.1) is 5.92 Å². The normalized spacial score (nSPS) is 17.1. The number of benzene rings is 1. The number of carboxylic acids is 1. The lowest BCUT2D eigenvalue weighted by molar-refractivity contribution is -0.140. The number of thiophene rings is 1. The standard InChI is InChI=1S/C27H29N5O4S/c1-15(2)23(27(34)35)21-14-22(30-36-21)31-9-11-32(12-10-31)26-24(16-7-8-16)18-13-19(28-29-25(18)37-26)17-5-3-4-6-20(17)33/h3-6,13-16,23,33H,7-12H2,1-2H3,(H,34,35). The van der Waals surface area contributed by atoms with E-state index >= 15 is 0 Å². The van der Waals surface area contributed by atoms with Crippen LogP contribution in [-0.4, -0.2) is 57.7 Å². The minimum Gasteiger partial charge on any atom is -0.507 e. The first-order valence-corrected chi connectivity index (χ1v) is 13.5. The van der Waals surface area contributed by atoms with Gasteiger partial charge in [0.05, 0.1) is 10.7 Å². The summed E-state index contributed by atoms with van der Waals surface area (Å²) in [5, 5.41) is 35.5. The summed E-state index contributed by atoms with van der Waals surface area (Å²) in [6.07, 6.45) is 2.35. The van der Waals surface area contributed by atoms with Gasteiger partial charge < -0.3 is 24.5 Å².